The molecule has 1 saturated heterocycles. The smallest absolute Gasteiger partial charge is 0.119 e. The summed E-state index contributed by atoms with van der Waals surface area (Å²) in [6, 6.07) is 15.4. The lowest BCUT2D eigenvalue weighted by Crippen LogP contribution is -2.74. The van der Waals surface area contributed by atoms with Crippen molar-refractivity contribution < 1.29 is 9.84 Å². The Bertz CT molecular complexity index is 1200. The number of fused-ring (bicyclic) bond motifs is 4. The molecule has 2 bridgehead atoms. The highest BCUT2D eigenvalue weighted by molar-refractivity contribution is 5.85. The van der Waals surface area contributed by atoms with Gasteiger partial charge < -0.3 is 14.8 Å². The first-order valence-electron chi connectivity index (χ1n) is 11.8. The van der Waals surface area contributed by atoms with Crippen LogP contribution in [0.4, 0.5) is 0 Å². The summed E-state index contributed by atoms with van der Waals surface area (Å²) in [5.41, 5.74) is 5.55. The van der Waals surface area contributed by atoms with Gasteiger partial charge in [-0.2, -0.15) is 0 Å². The van der Waals surface area contributed by atoms with Gasteiger partial charge in [0.05, 0.1) is 12.7 Å². The van der Waals surface area contributed by atoms with E-state index < -0.39 is 5.60 Å². The maximum atomic E-state index is 12.7. The fourth-order valence-corrected chi connectivity index (χ4v) is 7.16. The molecule has 2 N–H and O–H groups in total. The van der Waals surface area contributed by atoms with Crippen molar-refractivity contribution in [2.24, 2.45) is 5.92 Å². The minimum Gasteiger partial charge on any atom is -0.497 e. The zero-order valence-electron chi connectivity index (χ0n) is 18.2. The number of aliphatic hydroxyl groups is 1. The molecular formula is C27H30N2O2. The molecule has 1 saturated carbocycles. The summed E-state index contributed by atoms with van der Waals surface area (Å²) in [6.07, 6.45) is 6.25. The van der Waals surface area contributed by atoms with Crippen LogP contribution in [0.15, 0.2) is 42.5 Å². The van der Waals surface area contributed by atoms with Gasteiger partial charge in [0, 0.05) is 47.4 Å². The highest BCUT2D eigenvalue weighted by Crippen LogP contribution is 2.58. The van der Waals surface area contributed by atoms with Gasteiger partial charge in [0.25, 0.3) is 0 Å². The Morgan fingerprint density at radius 3 is 2.87 bits per heavy atom. The van der Waals surface area contributed by atoms with Gasteiger partial charge in [-0.1, -0.05) is 24.3 Å². The lowest BCUT2D eigenvalue weighted by Gasteiger charge is -2.63. The van der Waals surface area contributed by atoms with Gasteiger partial charge in [-0.3, -0.25) is 4.90 Å². The van der Waals surface area contributed by atoms with Gasteiger partial charge in [-0.25, -0.2) is 0 Å². The number of H-pyrrole nitrogens is 1. The van der Waals surface area contributed by atoms with Gasteiger partial charge in [0.2, 0.25) is 0 Å². The van der Waals surface area contributed by atoms with Crippen LogP contribution in [-0.2, 0) is 24.7 Å². The summed E-state index contributed by atoms with van der Waals surface area (Å²) in [5.74, 6) is 1.73. The fraction of sp³-hybridized carbons (Fsp3) is 0.481. The van der Waals surface area contributed by atoms with Crippen LogP contribution in [0, 0.1) is 5.92 Å². The van der Waals surface area contributed by atoms with E-state index in [9.17, 15) is 5.11 Å². The number of rotatable bonds is 3. The molecule has 0 spiro atoms. The number of nitrogens with one attached hydrogen (secondary N) is 1. The first-order chi connectivity index (χ1) is 15.1. The number of methoxy groups -OCH3 is 1. The number of benzene rings is 2. The number of ether oxygens (including phenoxy) is 1. The molecule has 2 heterocycles. The maximum absolute atomic E-state index is 12.7. The SMILES string of the molecule is COc1ccc2c(c1)[C@@]13CCN(CC4CC4)[C@@H](C2)[C@]1(O)Cc1c([nH]c2ccccc12)C3. The zero-order valence-corrected chi connectivity index (χ0v) is 18.2. The number of hydrogen-bond donors (Lipinski definition) is 2. The first-order valence-corrected chi connectivity index (χ1v) is 11.8. The van der Waals surface area contributed by atoms with Crippen molar-refractivity contribution in [2.75, 3.05) is 20.2 Å². The van der Waals surface area contributed by atoms with E-state index in [-0.39, 0.29) is 11.5 Å². The summed E-state index contributed by atoms with van der Waals surface area (Å²) in [4.78, 5) is 6.36. The van der Waals surface area contributed by atoms with Crippen LogP contribution in [-0.4, -0.2) is 46.8 Å². The molecule has 3 aromatic rings. The first kappa shape index (κ1) is 18.3. The summed E-state index contributed by atoms with van der Waals surface area (Å²) in [5, 5.41) is 14.0. The molecule has 4 aliphatic rings. The second-order valence-corrected chi connectivity index (χ2v) is 10.4. The van der Waals surface area contributed by atoms with E-state index in [0.717, 1.165) is 50.4 Å². The minimum absolute atomic E-state index is 0.185. The van der Waals surface area contributed by atoms with Gasteiger partial charge in [-0.05, 0) is 73.0 Å². The third-order valence-electron chi connectivity index (χ3n) is 8.91. The number of nitrogens with zero attached hydrogens (tertiary/aromatic N) is 1. The second kappa shape index (κ2) is 6.14. The summed E-state index contributed by atoms with van der Waals surface area (Å²) in [7, 11) is 1.74. The molecule has 4 heteroatoms. The van der Waals surface area contributed by atoms with Crippen LogP contribution >= 0.6 is 0 Å². The molecule has 0 unspecified atom stereocenters. The molecule has 7 rings (SSSR count). The number of aromatic nitrogens is 1. The predicted octanol–water partition coefficient (Wildman–Crippen LogP) is 3.98. The minimum atomic E-state index is -0.753. The summed E-state index contributed by atoms with van der Waals surface area (Å²) >= 11 is 0. The normalized spacial score (nSPS) is 31.7. The quantitative estimate of drug-likeness (QED) is 0.682. The van der Waals surface area contributed by atoms with Gasteiger partial charge in [0.15, 0.2) is 0 Å². The van der Waals surface area contributed by atoms with Gasteiger partial charge in [0.1, 0.15) is 5.75 Å². The van der Waals surface area contributed by atoms with E-state index >= 15 is 0 Å². The van der Waals surface area contributed by atoms with Gasteiger partial charge >= 0.3 is 0 Å². The van der Waals surface area contributed by atoms with Crippen molar-refractivity contribution in [1.29, 1.82) is 0 Å². The summed E-state index contributed by atoms with van der Waals surface area (Å²) in [6.45, 7) is 2.23. The number of likely N-dealkylation sites (tertiary alicyclic amines) is 1. The molecule has 3 atom stereocenters. The maximum Gasteiger partial charge on any atom is 0.119 e. The fourth-order valence-electron chi connectivity index (χ4n) is 7.16. The van der Waals surface area contributed by atoms with E-state index in [1.54, 1.807) is 7.11 Å². The predicted molar refractivity (Wildman–Crippen MR) is 122 cm³/mol. The Balaban J connectivity index is 1.45. The molecule has 2 fully saturated rings. The number of aromatic amines is 1. The van der Waals surface area contributed by atoms with Crippen LogP contribution in [0.25, 0.3) is 10.9 Å². The Morgan fingerprint density at radius 1 is 1.16 bits per heavy atom. The lowest BCUT2D eigenvalue weighted by atomic mass is 9.49. The molecule has 2 aromatic carbocycles. The molecule has 160 valence electrons. The highest BCUT2D eigenvalue weighted by atomic mass is 16.5. The lowest BCUT2D eigenvalue weighted by molar-refractivity contribution is -0.151. The molecule has 1 aliphatic heterocycles. The molecule has 3 aliphatic carbocycles. The topological polar surface area (TPSA) is 48.5 Å². The van der Waals surface area contributed by atoms with Crippen LogP contribution in [0.2, 0.25) is 0 Å². The summed E-state index contributed by atoms with van der Waals surface area (Å²) < 4.78 is 5.63. The van der Waals surface area contributed by atoms with E-state index in [2.05, 4.69) is 52.3 Å². The highest BCUT2D eigenvalue weighted by Gasteiger charge is 2.64. The molecule has 0 amide bonds. The van der Waals surface area contributed by atoms with Crippen LogP contribution < -0.4 is 4.74 Å². The number of hydrogen-bond acceptors (Lipinski definition) is 3. The Morgan fingerprint density at radius 2 is 2.03 bits per heavy atom. The molecule has 31 heavy (non-hydrogen) atoms. The molecule has 1 aromatic heterocycles. The Labute approximate surface area is 183 Å². The number of piperidine rings is 1. The van der Waals surface area contributed by atoms with Crippen molar-refractivity contribution in [3.63, 3.8) is 0 Å². The van der Waals surface area contributed by atoms with Crippen LogP contribution in [0.3, 0.4) is 0 Å². The zero-order chi connectivity index (χ0) is 20.8. The van der Waals surface area contributed by atoms with Crippen molar-refractivity contribution in [3.05, 3.63) is 64.8 Å². The largest absolute Gasteiger partial charge is 0.497 e. The van der Waals surface area contributed by atoms with E-state index in [1.807, 2.05) is 0 Å². The molecule has 0 radical (unpaired) electrons. The van der Waals surface area contributed by atoms with E-state index in [0.29, 0.717) is 0 Å². The third-order valence-corrected chi connectivity index (χ3v) is 8.91. The van der Waals surface area contributed by atoms with Crippen molar-refractivity contribution in [2.45, 2.75) is 55.6 Å². The van der Waals surface area contributed by atoms with E-state index in [1.165, 1.54) is 46.1 Å². The molecule has 4 nitrogen and oxygen atoms in total. The van der Waals surface area contributed by atoms with Crippen molar-refractivity contribution >= 4 is 10.9 Å². The average molecular weight is 415 g/mol. The van der Waals surface area contributed by atoms with Gasteiger partial charge in [-0.15, -0.1) is 0 Å². The van der Waals surface area contributed by atoms with E-state index in [4.69, 9.17) is 4.74 Å². The van der Waals surface area contributed by atoms with Crippen molar-refractivity contribution in [1.82, 2.24) is 9.88 Å². The molecular weight excluding hydrogens is 384 g/mol. The van der Waals surface area contributed by atoms with Crippen molar-refractivity contribution in [3.8, 4) is 5.75 Å². The van der Waals surface area contributed by atoms with Crippen LogP contribution in [0.1, 0.15) is 41.6 Å². The Hall–Kier alpha value is -2.30. The monoisotopic (exact) mass is 414 g/mol. The Kier molecular flexibility index (Phi) is 3.62. The second-order valence-electron chi connectivity index (χ2n) is 10.4. The number of para-hydroxylation sites is 1. The average Bonchev–Trinajstić information content (AvgIpc) is 3.53. The third kappa shape index (κ3) is 2.38. The van der Waals surface area contributed by atoms with Crippen LogP contribution in [0.5, 0.6) is 5.75 Å². The standard InChI is InChI=1S/C27H30N2O2/c1-31-19-9-8-18-12-25-27(30)14-21-20-4-2-3-5-23(20)28-24(21)15-26(27,22(18)13-19)10-11-29(25)16-17-6-7-17/h2-5,8-9,13,17,25,28,30H,6-7,10-12,14-16H2,1H3/t25-,26-,27+/m0/s1.